The largest absolute Gasteiger partial charge is 0.491 e. The molecule has 0 unspecified atom stereocenters. The Balaban J connectivity index is 1.27. The molecule has 0 spiro atoms. The van der Waals surface area contributed by atoms with Crippen LogP contribution in [0.2, 0.25) is 0 Å². The maximum atomic E-state index is 9.02. The molecule has 0 amide bonds. The van der Waals surface area contributed by atoms with Crippen molar-refractivity contribution in [3.8, 4) is 11.8 Å². The number of nitrogen functional groups attached to an aromatic ring is 1. The first-order chi connectivity index (χ1) is 14.2. The molecule has 5 rings (SSSR count). The smallest absolute Gasteiger partial charge is 0.147 e. The van der Waals surface area contributed by atoms with Crippen molar-refractivity contribution >= 4 is 27.8 Å². The Bertz CT molecular complexity index is 1250. The summed E-state index contributed by atoms with van der Waals surface area (Å²) in [5.41, 5.74) is 7.82. The lowest BCUT2D eigenvalue weighted by Crippen LogP contribution is -2.18. The van der Waals surface area contributed by atoms with E-state index in [0.717, 1.165) is 34.8 Å². The van der Waals surface area contributed by atoms with Crippen LogP contribution >= 0.6 is 0 Å². The molecule has 144 valence electrons. The number of hydrogen-bond acceptors (Lipinski definition) is 7. The third kappa shape index (κ3) is 3.22. The van der Waals surface area contributed by atoms with Crippen LogP contribution in [0.4, 0.5) is 5.82 Å². The minimum atomic E-state index is -0.105. The van der Waals surface area contributed by atoms with Crippen LogP contribution in [0.15, 0.2) is 48.9 Å². The zero-order chi connectivity index (χ0) is 19.8. The van der Waals surface area contributed by atoms with Gasteiger partial charge in [-0.1, -0.05) is 0 Å². The zero-order valence-corrected chi connectivity index (χ0v) is 15.5. The van der Waals surface area contributed by atoms with Crippen LogP contribution in [-0.4, -0.2) is 32.2 Å². The van der Waals surface area contributed by atoms with E-state index in [-0.39, 0.29) is 12.3 Å². The van der Waals surface area contributed by atoms with Crippen LogP contribution in [0.3, 0.4) is 0 Å². The lowest BCUT2D eigenvalue weighted by molar-refractivity contribution is -0.0156. The van der Waals surface area contributed by atoms with Gasteiger partial charge in [-0.05, 0) is 43.2 Å². The summed E-state index contributed by atoms with van der Waals surface area (Å²) >= 11 is 0. The second-order valence-corrected chi connectivity index (χ2v) is 6.98. The average Bonchev–Trinajstić information content (AvgIpc) is 3.39. The van der Waals surface area contributed by atoms with Gasteiger partial charge in [0.2, 0.25) is 0 Å². The molecule has 1 aliphatic rings. The molecular formula is C21H18N6O2. The molecule has 2 atom stereocenters. The van der Waals surface area contributed by atoms with E-state index in [0.29, 0.717) is 23.9 Å². The number of anilines is 1. The van der Waals surface area contributed by atoms with Gasteiger partial charge >= 0.3 is 0 Å². The Labute approximate surface area is 166 Å². The van der Waals surface area contributed by atoms with Gasteiger partial charge in [0.05, 0.1) is 17.0 Å². The number of fused-ring (bicyclic) bond motifs is 2. The summed E-state index contributed by atoms with van der Waals surface area (Å²) in [5, 5.41) is 10.8. The number of benzene rings is 1. The van der Waals surface area contributed by atoms with E-state index in [1.54, 1.807) is 6.07 Å². The molecular weight excluding hydrogens is 368 g/mol. The molecule has 29 heavy (non-hydrogen) atoms. The van der Waals surface area contributed by atoms with Gasteiger partial charge in [-0.3, -0.25) is 0 Å². The van der Waals surface area contributed by atoms with Crippen LogP contribution in [0.5, 0.6) is 5.75 Å². The predicted molar refractivity (Wildman–Crippen MR) is 107 cm³/mol. The van der Waals surface area contributed by atoms with E-state index in [1.807, 2.05) is 41.1 Å². The molecule has 0 saturated carbocycles. The van der Waals surface area contributed by atoms with E-state index in [2.05, 4.69) is 21.0 Å². The number of nitrogens with two attached hydrogens (primary N) is 1. The highest BCUT2D eigenvalue weighted by Crippen LogP contribution is 2.32. The zero-order valence-electron chi connectivity index (χ0n) is 15.5. The second-order valence-electron chi connectivity index (χ2n) is 6.98. The van der Waals surface area contributed by atoms with Crippen molar-refractivity contribution in [1.82, 2.24) is 19.5 Å². The molecule has 4 aromatic rings. The lowest BCUT2D eigenvalue weighted by atomic mass is 10.2. The van der Waals surface area contributed by atoms with Gasteiger partial charge in [-0.2, -0.15) is 5.26 Å². The summed E-state index contributed by atoms with van der Waals surface area (Å²) in [6, 6.07) is 13.3. The highest BCUT2D eigenvalue weighted by Gasteiger charge is 2.28. The van der Waals surface area contributed by atoms with E-state index in [9.17, 15) is 0 Å². The number of pyridine rings is 1. The lowest BCUT2D eigenvalue weighted by Gasteiger charge is -2.16. The monoisotopic (exact) mass is 386 g/mol. The highest BCUT2D eigenvalue weighted by atomic mass is 16.6. The molecule has 3 aromatic heterocycles. The van der Waals surface area contributed by atoms with Gasteiger partial charge in [0.1, 0.15) is 48.1 Å². The van der Waals surface area contributed by atoms with Crippen molar-refractivity contribution in [2.75, 3.05) is 12.3 Å². The van der Waals surface area contributed by atoms with E-state index < -0.39 is 0 Å². The summed E-state index contributed by atoms with van der Waals surface area (Å²) < 4.78 is 14.1. The normalized spacial score (nSPS) is 18.9. The van der Waals surface area contributed by atoms with E-state index >= 15 is 0 Å². The molecule has 2 N–H and O–H groups in total. The third-order valence-electron chi connectivity index (χ3n) is 5.15. The summed E-state index contributed by atoms with van der Waals surface area (Å²) in [4.78, 5) is 12.7. The topological polar surface area (TPSA) is 112 Å². The quantitative estimate of drug-likeness (QED) is 0.573. The van der Waals surface area contributed by atoms with Crippen LogP contribution in [-0.2, 0) is 4.74 Å². The van der Waals surface area contributed by atoms with Gasteiger partial charge in [-0.15, -0.1) is 0 Å². The van der Waals surface area contributed by atoms with Crippen molar-refractivity contribution < 1.29 is 9.47 Å². The number of ether oxygens (including phenoxy) is 2. The molecule has 4 heterocycles. The van der Waals surface area contributed by atoms with Crippen molar-refractivity contribution in [3.63, 3.8) is 0 Å². The summed E-state index contributed by atoms with van der Waals surface area (Å²) in [5.74, 6) is 1.18. The minimum Gasteiger partial charge on any atom is -0.491 e. The molecule has 1 aliphatic heterocycles. The molecule has 1 fully saturated rings. The third-order valence-corrected chi connectivity index (χ3v) is 5.15. The molecule has 0 aliphatic carbocycles. The van der Waals surface area contributed by atoms with Gasteiger partial charge in [0, 0.05) is 17.6 Å². The number of rotatable bonds is 4. The van der Waals surface area contributed by atoms with Crippen molar-refractivity contribution in [2.24, 2.45) is 0 Å². The maximum absolute atomic E-state index is 9.02. The van der Waals surface area contributed by atoms with Gasteiger partial charge in [0.25, 0.3) is 0 Å². The number of nitriles is 1. The fraction of sp³-hybridized carbons (Fsp3) is 0.238. The Morgan fingerprint density at radius 1 is 1.21 bits per heavy atom. The highest BCUT2D eigenvalue weighted by molar-refractivity contribution is 5.86. The molecule has 8 heteroatoms. The first-order valence-corrected chi connectivity index (χ1v) is 9.37. The molecule has 1 saturated heterocycles. The Hall–Kier alpha value is -3.70. The fourth-order valence-electron chi connectivity index (χ4n) is 3.68. The van der Waals surface area contributed by atoms with E-state index in [1.165, 1.54) is 6.33 Å². The van der Waals surface area contributed by atoms with Crippen LogP contribution in [0, 0.1) is 11.3 Å². The second kappa shape index (κ2) is 7.04. The number of hydrogen-bond donors (Lipinski definition) is 1. The summed E-state index contributed by atoms with van der Waals surface area (Å²) in [6.45, 7) is 0.441. The van der Waals surface area contributed by atoms with Crippen LogP contribution in [0.1, 0.15) is 24.8 Å². The van der Waals surface area contributed by atoms with E-state index in [4.69, 9.17) is 20.5 Å². The molecule has 0 bridgehead atoms. The Morgan fingerprint density at radius 2 is 2.10 bits per heavy atom. The summed E-state index contributed by atoms with van der Waals surface area (Å²) in [7, 11) is 0. The van der Waals surface area contributed by atoms with Crippen molar-refractivity contribution in [1.29, 1.82) is 5.26 Å². The maximum Gasteiger partial charge on any atom is 0.147 e. The number of nitrogens with zero attached hydrogens (tertiary/aromatic N) is 5. The molecule has 0 radical (unpaired) electrons. The van der Waals surface area contributed by atoms with Crippen LogP contribution < -0.4 is 10.5 Å². The first-order valence-electron chi connectivity index (χ1n) is 9.37. The molecule has 8 nitrogen and oxygen atoms in total. The number of aromatic nitrogens is 4. The Kier molecular flexibility index (Phi) is 4.22. The summed E-state index contributed by atoms with van der Waals surface area (Å²) in [6.07, 6.45) is 5.03. The fourth-order valence-corrected chi connectivity index (χ4v) is 3.68. The SMILES string of the molecule is N#Cc1ccc2ccc(OC[C@@H]3CC[C@H](n4ccc5c(N)ncnc54)O3)cc2n1. The van der Waals surface area contributed by atoms with Crippen molar-refractivity contribution in [3.05, 3.63) is 54.6 Å². The van der Waals surface area contributed by atoms with Crippen LogP contribution in [0.25, 0.3) is 21.9 Å². The van der Waals surface area contributed by atoms with Gasteiger partial charge in [0.15, 0.2) is 0 Å². The minimum absolute atomic E-state index is 0.0225. The van der Waals surface area contributed by atoms with Gasteiger partial charge in [-0.25, -0.2) is 15.0 Å². The van der Waals surface area contributed by atoms with Gasteiger partial charge < -0.3 is 19.8 Å². The standard InChI is InChI=1S/C21H18N6O2/c22-10-14-3-1-13-2-4-15(9-18(13)26-14)28-11-16-5-6-19(29-16)27-8-7-17-20(23)24-12-25-21(17)27/h1-4,7-9,12,16,19H,5-6,11H2,(H2,23,24,25)/t16-,19+/m0/s1. The predicted octanol–water partition coefficient (Wildman–Crippen LogP) is 3.19. The Morgan fingerprint density at radius 3 is 3.00 bits per heavy atom. The molecule has 1 aromatic carbocycles. The van der Waals surface area contributed by atoms with Crippen molar-refractivity contribution in [2.45, 2.75) is 25.2 Å². The first kappa shape index (κ1) is 17.4. The average molecular weight is 386 g/mol.